The van der Waals surface area contributed by atoms with Crippen molar-refractivity contribution in [3.63, 3.8) is 0 Å². The molecule has 2 unspecified atom stereocenters. The molecule has 1 N–H and O–H groups in total. The Balaban J connectivity index is 1.60. The minimum atomic E-state index is -0.286. The van der Waals surface area contributed by atoms with Crippen LogP contribution in [0.3, 0.4) is 0 Å². The number of hydrogen-bond donors (Lipinski definition) is 1. The van der Waals surface area contributed by atoms with Crippen LogP contribution in [-0.4, -0.2) is 66.8 Å². The second kappa shape index (κ2) is 7.44. The van der Waals surface area contributed by atoms with E-state index in [0.717, 1.165) is 31.4 Å². The van der Waals surface area contributed by atoms with Gasteiger partial charge in [0.05, 0.1) is 12.2 Å². The molecule has 2 atom stereocenters. The maximum Gasteiger partial charge on any atom is 0.253 e. The van der Waals surface area contributed by atoms with Crippen molar-refractivity contribution in [3.05, 3.63) is 35.4 Å². The van der Waals surface area contributed by atoms with Crippen LogP contribution in [0.15, 0.2) is 24.3 Å². The number of rotatable bonds is 5. The van der Waals surface area contributed by atoms with E-state index in [1.54, 1.807) is 0 Å². The van der Waals surface area contributed by atoms with Gasteiger partial charge in [0, 0.05) is 43.6 Å². The van der Waals surface area contributed by atoms with Gasteiger partial charge in [-0.15, -0.1) is 0 Å². The summed E-state index contributed by atoms with van der Waals surface area (Å²) in [6.45, 7) is 4.94. The van der Waals surface area contributed by atoms with Crippen molar-refractivity contribution in [1.29, 1.82) is 0 Å². The molecule has 3 rings (SSSR count). The smallest absolute Gasteiger partial charge is 0.253 e. The van der Waals surface area contributed by atoms with Crippen molar-refractivity contribution in [3.8, 4) is 0 Å². The Bertz CT molecular complexity index is 589. The molecule has 1 aromatic carbocycles. The Labute approximate surface area is 150 Å². The molecule has 2 aliphatic rings. The maximum atomic E-state index is 12.8. The zero-order valence-corrected chi connectivity index (χ0v) is 15.6. The molecule has 1 aliphatic heterocycles. The lowest BCUT2D eigenvalue weighted by Crippen LogP contribution is -2.62. The van der Waals surface area contributed by atoms with Crippen LogP contribution in [0, 0.1) is 5.41 Å². The second-order valence-corrected chi connectivity index (χ2v) is 7.66. The zero-order chi connectivity index (χ0) is 18.0. The summed E-state index contributed by atoms with van der Waals surface area (Å²) in [5, 5.41) is 10.3. The molecule has 25 heavy (non-hydrogen) atoms. The summed E-state index contributed by atoms with van der Waals surface area (Å²) in [6.07, 6.45) is 2.24. The quantitative estimate of drug-likeness (QED) is 0.887. The molecule has 138 valence electrons. The molecule has 1 amide bonds. The number of amides is 1. The lowest BCUT2D eigenvalue weighted by molar-refractivity contribution is -0.207. The molecule has 2 fully saturated rings. The van der Waals surface area contributed by atoms with Gasteiger partial charge in [0.25, 0.3) is 5.91 Å². The van der Waals surface area contributed by atoms with Crippen molar-refractivity contribution in [1.82, 2.24) is 9.80 Å². The van der Waals surface area contributed by atoms with Gasteiger partial charge >= 0.3 is 0 Å². The Morgan fingerprint density at radius 3 is 2.44 bits per heavy atom. The fraction of sp³-hybridized carbons (Fsp3) is 0.650. The third kappa shape index (κ3) is 3.59. The van der Waals surface area contributed by atoms with Crippen LogP contribution in [0.1, 0.15) is 42.1 Å². The molecule has 1 saturated heterocycles. The average molecular weight is 346 g/mol. The van der Waals surface area contributed by atoms with E-state index in [-0.39, 0.29) is 23.5 Å². The molecular weight excluding hydrogens is 316 g/mol. The second-order valence-electron chi connectivity index (χ2n) is 7.66. The van der Waals surface area contributed by atoms with Crippen molar-refractivity contribution in [2.24, 2.45) is 5.41 Å². The van der Waals surface area contributed by atoms with Gasteiger partial charge in [-0.05, 0) is 51.6 Å². The first kappa shape index (κ1) is 18.4. The monoisotopic (exact) mass is 346 g/mol. The number of ether oxygens (including phenoxy) is 1. The van der Waals surface area contributed by atoms with Gasteiger partial charge in [0.15, 0.2) is 0 Å². The normalized spacial score (nSPS) is 25.2. The Kier molecular flexibility index (Phi) is 5.46. The number of benzene rings is 1. The summed E-state index contributed by atoms with van der Waals surface area (Å²) in [5.74, 6) is 0.0908. The molecular formula is C20H30N2O3. The molecule has 1 aromatic rings. The number of nitrogens with zero attached hydrogens (tertiary/aromatic N) is 2. The van der Waals surface area contributed by atoms with Crippen LogP contribution in [-0.2, 0) is 11.3 Å². The number of aliphatic hydroxyl groups is 1. The van der Waals surface area contributed by atoms with Gasteiger partial charge in [-0.3, -0.25) is 4.79 Å². The van der Waals surface area contributed by atoms with Crippen molar-refractivity contribution >= 4 is 5.91 Å². The topological polar surface area (TPSA) is 53.0 Å². The number of piperidine rings is 1. The molecule has 5 heteroatoms. The van der Waals surface area contributed by atoms with Crippen LogP contribution < -0.4 is 0 Å². The Hall–Kier alpha value is -1.43. The summed E-state index contributed by atoms with van der Waals surface area (Å²) in [7, 11) is 4.07. The number of likely N-dealkylation sites (tertiary alicyclic amines) is 1. The SMILES string of the molecule is CCOC1CC(O)C12CCN(C(=O)c1ccc(CN(C)C)cc1)CC2. The lowest BCUT2D eigenvalue weighted by atomic mass is 9.58. The van der Waals surface area contributed by atoms with Gasteiger partial charge in [-0.25, -0.2) is 0 Å². The average Bonchev–Trinajstić information content (AvgIpc) is 2.61. The first-order valence-electron chi connectivity index (χ1n) is 9.29. The largest absolute Gasteiger partial charge is 0.392 e. The van der Waals surface area contributed by atoms with Crippen LogP contribution in [0.2, 0.25) is 0 Å². The summed E-state index contributed by atoms with van der Waals surface area (Å²) >= 11 is 0. The van der Waals surface area contributed by atoms with Crippen molar-refractivity contribution in [2.75, 3.05) is 33.8 Å². The van der Waals surface area contributed by atoms with Crippen LogP contribution >= 0.6 is 0 Å². The highest BCUT2D eigenvalue weighted by Gasteiger charge is 2.56. The van der Waals surface area contributed by atoms with E-state index >= 15 is 0 Å². The molecule has 1 saturated carbocycles. The van der Waals surface area contributed by atoms with Crippen LogP contribution in [0.5, 0.6) is 0 Å². The molecule has 0 bridgehead atoms. The van der Waals surface area contributed by atoms with Crippen LogP contribution in [0.25, 0.3) is 0 Å². The predicted molar refractivity (Wildman–Crippen MR) is 97.4 cm³/mol. The third-order valence-electron chi connectivity index (χ3n) is 5.79. The standard InChI is InChI=1S/C20H30N2O3/c1-4-25-18-13-17(23)20(18)9-11-22(12-10-20)19(24)16-7-5-15(6-8-16)14-21(2)3/h5-8,17-18,23H,4,9-14H2,1-3H3. The highest BCUT2D eigenvalue weighted by atomic mass is 16.5. The van der Waals surface area contributed by atoms with E-state index < -0.39 is 0 Å². The molecule has 1 heterocycles. The molecule has 5 nitrogen and oxygen atoms in total. The van der Waals surface area contributed by atoms with Gasteiger partial charge < -0.3 is 19.6 Å². The first-order valence-corrected chi connectivity index (χ1v) is 9.29. The highest BCUT2D eigenvalue weighted by molar-refractivity contribution is 5.94. The van der Waals surface area contributed by atoms with E-state index in [1.165, 1.54) is 5.56 Å². The van der Waals surface area contributed by atoms with E-state index in [4.69, 9.17) is 4.74 Å². The zero-order valence-electron chi connectivity index (χ0n) is 15.6. The number of aliphatic hydroxyl groups excluding tert-OH is 1. The van der Waals surface area contributed by atoms with Gasteiger partial charge in [-0.2, -0.15) is 0 Å². The van der Waals surface area contributed by atoms with Gasteiger partial charge in [0.2, 0.25) is 0 Å². The van der Waals surface area contributed by atoms with Crippen LogP contribution in [0.4, 0.5) is 0 Å². The van der Waals surface area contributed by atoms with E-state index in [2.05, 4.69) is 4.90 Å². The molecule has 1 aliphatic carbocycles. The Morgan fingerprint density at radius 2 is 1.92 bits per heavy atom. The summed E-state index contributed by atoms with van der Waals surface area (Å²) < 4.78 is 5.80. The fourth-order valence-electron chi connectivity index (χ4n) is 4.24. The Morgan fingerprint density at radius 1 is 1.28 bits per heavy atom. The summed E-state index contributed by atoms with van der Waals surface area (Å²) in [6, 6.07) is 7.90. The van der Waals surface area contributed by atoms with E-state index in [9.17, 15) is 9.90 Å². The fourth-order valence-corrected chi connectivity index (χ4v) is 4.24. The molecule has 1 spiro atoms. The van der Waals surface area contributed by atoms with Gasteiger partial charge in [0.1, 0.15) is 0 Å². The minimum absolute atomic E-state index is 0.0908. The highest BCUT2D eigenvalue weighted by Crippen LogP contribution is 2.51. The van der Waals surface area contributed by atoms with E-state index in [0.29, 0.717) is 19.7 Å². The molecule has 0 aromatic heterocycles. The summed E-state index contributed by atoms with van der Waals surface area (Å²) in [4.78, 5) is 16.8. The lowest BCUT2D eigenvalue weighted by Gasteiger charge is -2.56. The maximum absolute atomic E-state index is 12.8. The number of carbonyl (C=O) groups excluding carboxylic acids is 1. The number of hydrogen-bond acceptors (Lipinski definition) is 4. The minimum Gasteiger partial charge on any atom is -0.392 e. The first-order chi connectivity index (χ1) is 12.0. The summed E-state index contributed by atoms with van der Waals surface area (Å²) in [5.41, 5.74) is 1.81. The third-order valence-corrected chi connectivity index (χ3v) is 5.79. The molecule has 0 radical (unpaired) electrons. The van der Waals surface area contributed by atoms with Crippen molar-refractivity contribution in [2.45, 2.75) is 44.9 Å². The van der Waals surface area contributed by atoms with Gasteiger partial charge in [-0.1, -0.05) is 12.1 Å². The number of carbonyl (C=O) groups is 1. The van der Waals surface area contributed by atoms with Crippen molar-refractivity contribution < 1.29 is 14.6 Å². The predicted octanol–water partition coefficient (Wildman–Crippen LogP) is 2.14. The van der Waals surface area contributed by atoms with E-state index in [1.807, 2.05) is 50.2 Å².